The van der Waals surface area contributed by atoms with E-state index < -0.39 is 0 Å². The Balaban J connectivity index is 2.46. The van der Waals surface area contributed by atoms with Crippen LogP contribution in [0.3, 0.4) is 0 Å². The van der Waals surface area contributed by atoms with Gasteiger partial charge in [0, 0.05) is 12.1 Å². The molecule has 0 bridgehead atoms. The van der Waals surface area contributed by atoms with Crippen molar-refractivity contribution in [2.75, 3.05) is 18.1 Å². The number of hydrogen-bond donors (Lipinski definition) is 1. The molecule has 0 radical (unpaired) electrons. The summed E-state index contributed by atoms with van der Waals surface area (Å²) in [6.07, 6.45) is 3.15. The number of thioether (sulfide) groups is 1. The number of benzene rings is 1. The average molecular weight is 399 g/mol. The van der Waals surface area contributed by atoms with Gasteiger partial charge < -0.3 is 5.32 Å². The molecule has 0 aliphatic rings. The topological polar surface area (TPSA) is 37.8 Å². The minimum Gasteiger partial charge on any atom is -0.369 e. The summed E-state index contributed by atoms with van der Waals surface area (Å²) in [5.74, 6) is 2.66. The van der Waals surface area contributed by atoms with E-state index in [9.17, 15) is 0 Å². The number of halogens is 1. The van der Waals surface area contributed by atoms with Crippen LogP contribution in [-0.2, 0) is 5.75 Å². The second-order valence-electron chi connectivity index (χ2n) is 4.38. The first-order valence-electron chi connectivity index (χ1n) is 6.61. The van der Waals surface area contributed by atoms with Crippen molar-refractivity contribution in [2.45, 2.75) is 19.1 Å². The van der Waals surface area contributed by atoms with Crippen molar-refractivity contribution in [1.29, 1.82) is 0 Å². The van der Waals surface area contributed by atoms with Gasteiger partial charge in [0.1, 0.15) is 11.6 Å². The minimum atomic E-state index is 0.831. The third-order valence-corrected chi connectivity index (χ3v) is 4.33. The number of anilines is 1. The molecule has 2 aromatic rings. The third-order valence-electron chi connectivity index (χ3n) is 2.76. The summed E-state index contributed by atoms with van der Waals surface area (Å²) >= 11 is 4.08. The Hall–Kier alpha value is -0.820. The molecule has 20 heavy (non-hydrogen) atoms. The van der Waals surface area contributed by atoms with Crippen molar-refractivity contribution < 1.29 is 0 Å². The maximum Gasteiger partial charge on any atom is 0.143 e. The van der Waals surface area contributed by atoms with Gasteiger partial charge in [0.25, 0.3) is 0 Å². The molecule has 1 aromatic carbocycles. The van der Waals surface area contributed by atoms with E-state index in [4.69, 9.17) is 4.98 Å². The highest BCUT2D eigenvalue weighted by atomic mass is 127. The number of nitrogens with zero attached hydrogens (tertiary/aromatic N) is 2. The fourth-order valence-corrected chi connectivity index (χ4v) is 2.97. The van der Waals surface area contributed by atoms with Gasteiger partial charge in [-0.25, -0.2) is 9.97 Å². The largest absolute Gasteiger partial charge is 0.369 e. The maximum absolute atomic E-state index is 4.72. The van der Waals surface area contributed by atoms with Crippen molar-refractivity contribution in [1.82, 2.24) is 9.97 Å². The Morgan fingerprint density at radius 3 is 2.60 bits per heavy atom. The van der Waals surface area contributed by atoms with Crippen LogP contribution in [0.4, 0.5) is 5.82 Å². The zero-order valence-corrected chi connectivity index (χ0v) is 14.7. The molecule has 5 heteroatoms. The maximum atomic E-state index is 4.72. The van der Waals surface area contributed by atoms with Crippen molar-refractivity contribution in [2.24, 2.45) is 0 Å². The van der Waals surface area contributed by atoms with E-state index in [1.807, 2.05) is 18.2 Å². The summed E-state index contributed by atoms with van der Waals surface area (Å²) in [6.45, 7) is 3.09. The van der Waals surface area contributed by atoms with Gasteiger partial charge in [0.2, 0.25) is 0 Å². The summed E-state index contributed by atoms with van der Waals surface area (Å²) < 4.78 is 1.09. The Morgan fingerprint density at radius 1 is 1.20 bits per heavy atom. The highest BCUT2D eigenvalue weighted by Gasteiger charge is 2.13. The fraction of sp³-hybridized carbons (Fsp3) is 0.333. The molecular weight excluding hydrogens is 381 g/mol. The zero-order valence-electron chi connectivity index (χ0n) is 11.7. The zero-order chi connectivity index (χ0) is 14.4. The molecule has 0 aliphatic carbocycles. The average Bonchev–Trinajstić information content (AvgIpc) is 2.48. The molecule has 0 saturated carbocycles. The van der Waals surface area contributed by atoms with Gasteiger partial charge in [-0.1, -0.05) is 37.3 Å². The van der Waals surface area contributed by atoms with Crippen molar-refractivity contribution in [3.8, 4) is 11.3 Å². The van der Waals surface area contributed by atoms with Crippen LogP contribution in [0, 0.1) is 3.57 Å². The molecule has 0 atom stereocenters. The smallest absolute Gasteiger partial charge is 0.143 e. The number of hydrogen-bond acceptors (Lipinski definition) is 4. The SMILES string of the molecule is CCCNc1nc(CSC)nc(-c2ccccc2)c1I. The molecular formula is C15H18IN3S. The molecule has 1 aromatic heterocycles. The Morgan fingerprint density at radius 2 is 1.95 bits per heavy atom. The lowest BCUT2D eigenvalue weighted by molar-refractivity contribution is 0.948. The first-order valence-corrected chi connectivity index (χ1v) is 9.08. The summed E-state index contributed by atoms with van der Waals surface area (Å²) in [5.41, 5.74) is 2.16. The van der Waals surface area contributed by atoms with E-state index in [0.717, 1.165) is 45.2 Å². The van der Waals surface area contributed by atoms with Crippen LogP contribution in [0.25, 0.3) is 11.3 Å². The van der Waals surface area contributed by atoms with Crippen LogP contribution < -0.4 is 5.32 Å². The number of nitrogens with one attached hydrogen (secondary N) is 1. The summed E-state index contributed by atoms with van der Waals surface area (Å²) in [7, 11) is 0. The quantitative estimate of drug-likeness (QED) is 0.730. The van der Waals surface area contributed by atoms with E-state index in [0.29, 0.717) is 0 Å². The number of rotatable bonds is 6. The second-order valence-corrected chi connectivity index (χ2v) is 6.32. The molecule has 3 nitrogen and oxygen atoms in total. The van der Waals surface area contributed by atoms with Gasteiger partial charge in [0.05, 0.1) is 15.0 Å². The van der Waals surface area contributed by atoms with Crippen molar-refractivity contribution >= 4 is 40.2 Å². The first kappa shape index (κ1) is 15.6. The van der Waals surface area contributed by atoms with Gasteiger partial charge in [-0.15, -0.1) is 0 Å². The van der Waals surface area contributed by atoms with Gasteiger partial charge >= 0.3 is 0 Å². The Labute approximate surface area is 138 Å². The normalized spacial score (nSPS) is 10.6. The van der Waals surface area contributed by atoms with Crippen molar-refractivity contribution in [3.05, 3.63) is 39.7 Å². The first-order chi connectivity index (χ1) is 9.76. The van der Waals surface area contributed by atoms with Crippen LogP contribution in [0.5, 0.6) is 0 Å². The molecule has 0 amide bonds. The molecule has 1 heterocycles. The highest BCUT2D eigenvalue weighted by molar-refractivity contribution is 14.1. The predicted molar refractivity (Wildman–Crippen MR) is 96.2 cm³/mol. The molecule has 0 saturated heterocycles. The monoisotopic (exact) mass is 399 g/mol. The van der Waals surface area contributed by atoms with Crippen LogP contribution in [0.2, 0.25) is 0 Å². The molecule has 0 spiro atoms. The Kier molecular flexibility index (Phi) is 6.09. The van der Waals surface area contributed by atoms with Crippen LogP contribution in [0.15, 0.2) is 30.3 Å². The van der Waals surface area contributed by atoms with Crippen LogP contribution >= 0.6 is 34.4 Å². The van der Waals surface area contributed by atoms with Gasteiger partial charge in [-0.2, -0.15) is 11.8 Å². The lowest BCUT2D eigenvalue weighted by atomic mass is 10.1. The van der Waals surface area contributed by atoms with Crippen molar-refractivity contribution in [3.63, 3.8) is 0 Å². The van der Waals surface area contributed by atoms with Crippen LogP contribution in [-0.4, -0.2) is 22.8 Å². The highest BCUT2D eigenvalue weighted by Crippen LogP contribution is 2.28. The summed E-state index contributed by atoms with van der Waals surface area (Å²) in [6, 6.07) is 10.3. The molecule has 1 N–H and O–H groups in total. The van der Waals surface area contributed by atoms with Crippen LogP contribution in [0.1, 0.15) is 19.2 Å². The lowest BCUT2D eigenvalue weighted by Gasteiger charge is -2.12. The van der Waals surface area contributed by atoms with E-state index in [1.54, 1.807) is 11.8 Å². The van der Waals surface area contributed by atoms with E-state index >= 15 is 0 Å². The third kappa shape index (κ3) is 3.85. The van der Waals surface area contributed by atoms with Gasteiger partial charge in [-0.05, 0) is 35.3 Å². The van der Waals surface area contributed by atoms with E-state index in [1.165, 1.54) is 0 Å². The molecule has 2 rings (SSSR count). The standard InChI is InChI=1S/C15H18IN3S/c1-3-9-17-15-13(16)14(11-7-5-4-6-8-11)18-12(19-15)10-20-2/h4-8H,3,9-10H2,1-2H3,(H,17,18,19). The number of aromatic nitrogens is 2. The predicted octanol–water partition coefficient (Wildman–Crippen LogP) is 4.43. The van der Waals surface area contributed by atoms with E-state index in [-0.39, 0.29) is 0 Å². The Bertz CT molecular complexity index is 561. The molecule has 0 fully saturated rings. The fourth-order valence-electron chi connectivity index (χ4n) is 1.83. The summed E-state index contributed by atoms with van der Waals surface area (Å²) in [5, 5.41) is 3.40. The molecule has 106 valence electrons. The summed E-state index contributed by atoms with van der Waals surface area (Å²) in [4.78, 5) is 9.36. The van der Waals surface area contributed by atoms with Gasteiger partial charge in [-0.3, -0.25) is 0 Å². The lowest BCUT2D eigenvalue weighted by Crippen LogP contribution is -2.08. The molecule has 0 unspecified atom stereocenters. The second kappa shape index (κ2) is 7.83. The minimum absolute atomic E-state index is 0.831. The molecule has 0 aliphatic heterocycles. The van der Waals surface area contributed by atoms with E-state index in [2.05, 4.69) is 58.2 Å². The van der Waals surface area contributed by atoms with Gasteiger partial charge in [0.15, 0.2) is 0 Å².